The Kier molecular flexibility index (Phi) is 4.64. The van der Waals surface area contributed by atoms with Crippen LogP contribution in [0.5, 0.6) is 0 Å². The lowest BCUT2D eigenvalue weighted by Crippen LogP contribution is -2.46. The molecule has 2 aliphatic heterocycles. The Balaban J connectivity index is 1.39. The van der Waals surface area contributed by atoms with E-state index in [9.17, 15) is 4.79 Å². The average Bonchev–Trinajstić information content (AvgIpc) is 3.18. The first-order chi connectivity index (χ1) is 10.4. The molecule has 0 radical (unpaired) electrons. The molecule has 22 heavy (non-hydrogen) atoms. The average molecular weight is 309 g/mol. The predicted molar refractivity (Wildman–Crippen MR) is 87.0 cm³/mol. The van der Waals surface area contributed by atoms with E-state index < -0.39 is 5.60 Å². The fourth-order valence-corrected chi connectivity index (χ4v) is 3.77. The quantitative estimate of drug-likeness (QED) is 0.868. The Morgan fingerprint density at radius 3 is 2.14 bits per heavy atom. The van der Waals surface area contributed by atoms with Crippen molar-refractivity contribution in [2.75, 3.05) is 26.2 Å². The molecule has 2 saturated heterocycles. The lowest BCUT2D eigenvalue weighted by atomic mass is 10.0. The van der Waals surface area contributed by atoms with Crippen molar-refractivity contribution in [1.29, 1.82) is 0 Å². The zero-order valence-corrected chi connectivity index (χ0v) is 14.3. The highest BCUT2D eigenvalue weighted by Crippen LogP contribution is 2.31. The van der Waals surface area contributed by atoms with Crippen LogP contribution in [0.25, 0.3) is 0 Å². The molecule has 1 amide bonds. The van der Waals surface area contributed by atoms with E-state index in [4.69, 9.17) is 4.74 Å². The molecule has 1 saturated carbocycles. The maximum atomic E-state index is 11.9. The molecule has 5 heteroatoms. The molecule has 5 nitrogen and oxygen atoms in total. The number of carbonyl (C=O) groups is 1. The highest BCUT2D eigenvalue weighted by molar-refractivity contribution is 5.68. The molecule has 126 valence electrons. The van der Waals surface area contributed by atoms with Crippen molar-refractivity contribution in [3.63, 3.8) is 0 Å². The van der Waals surface area contributed by atoms with Gasteiger partial charge in [0, 0.05) is 31.2 Å². The lowest BCUT2D eigenvalue weighted by molar-refractivity contribution is 0.0501. The van der Waals surface area contributed by atoms with Crippen molar-refractivity contribution < 1.29 is 9.53 Å². The topological polar surface area (TPSA) is 44.8 Å². The zero-order chi connectivity index (χ0) is 15.7. The van der Waals surface area contributed by atoms with E-state index in [2.05, 4.69) is 15.1 Å². The monoisotopic (exact) mass is 309 g/mol. The molecule has 3 aliphatic rings. The van der Waals surface area contributed by atoms with Gasteiger partial charge in [-0.15, -0.1) is 0 Å². The van der Waals surface area contributed by atoms with E-state index >= 15 is 0 Å². The number of likely N-dealkylation sites (tertiary alicyclic amines) is 2. The first-order valence-corrected chi connectivity index (χ1v) is 8.88. The minimum Gasteiger partial charge on any atom is -0.444 e. The summed E-state index contributed by atoms with van der Waals surface area (Å²) >= 11 is 0. The highest BCUT2D eigenvalue weighted by atomic mass is 16.6. The van der Waals surface area contributed by atoms with Crippen LogP contribution in [-0.4, -0.2) is 65.8 Å². The Bertz CT molecular complexity index is 395. The van der Waals surface area contributed by atoms with Crippen LogP contribution in [0.3, 0.4) is 0 Å². The van der Waals surface area contributed by atoms with Gasteiger partial charge in [0.05, 0.1) is 0 Å². The second-order valence-electron chi connectivity index (χ2n) is 8.13. The van der Waals surface area contributed by atoms with Crippen molar-refractivity contribution in [1.82, 2.24) is 15.1 Å². The summed E-state index contributed by atoms with van der Waals surface area (Å²) in [4.78, 5) is 17.1. The largest absolute Gasteiger partial charge is 0.444 e. The van der Waals surface area contributed by atoms with Gasteiger partial charge in [0.2, 0.25) is 0 Å². The van der Waals surface area contributed by atoms with Crippen LogP contribution < -0.4 is 5.32 Å². The van der Waals surface area contributed by atoms with Crippen LogP contribution in [0.2, 0.25) is 0 Å². The second kappa shape index (κ2) is 6.36. The summed E-state index contributed by atoms with van der Waals surface area (Å²) in [5.41, 5.74) is -0.419. The van der Waals surface area contributed by atoms with Crippen molar-refractivity contribution in [2.45, 2.75) is 76.6 Å². The van der Waals surface area contributed by atoms with Gasteiger partial charge in [-0.2, -0.15) is 0 Å². The second-order valence-corrected chi connectivity index (χ2v) is 8.13. The van der Waals surface area contributed by atoms with E-state index in [1.54, 1.807) is 0 Å². The third kappa shape index (κ3) is 4.35. The molecular formula is C17H31N3O2. The first kappa shape index (κ1) is 16.1. The lowest BCUT2D eigenvalue weighted by Gasteiger charge is -2.36. The highest BCUT2D eigenvalue weighted by Gasteiger charge is 2.35. The summed E-state index contributed by atoms with van der Waals surface area (Å²) in [6.45, 7) is 10.3. The molecule has 1 atom stereocenters. The van der Waals surface area contributed by atoms with Gasteiger partial charge in [-0.25, -0.2) is 4.79 Å². The Labute approximate surface area is 134 Å². The number of nitrogens with one attached hydrogen (secondary N) is 1. The third-order valence-corrected chi connectivity index (χ3v) is 5.02. The fourth-order valence-electron chi connectivity index (χ4n) is 3.77. The number of hydrogen-bond donors (Lipinski definition) is 1. The summed E-state index contributed by atoms with van der Waals surface area (Å²) in [7, 11) is 0. The number of hydrogen-bond acceptors (Lipinski definition) is 4. The number of rotatable bonds is 3. The van der Waals surface area contributed by atoms with E-state index in [1.807, 2.05) is 20.8 Å². The summed E-state index contributed by atoms with van der Waals surface area (Å²) in [5.74, 6) is 0. The van der Waals surface area contributed by atoms with Crippen LogP contribution >= 0.6 is 0 Å². The number of amides is 1. The summed E-state index contributed by atoms with van der Waals surface area (Å²) in [6.07, 6.45) is 6.17. The SMILES string of the molecule is CC(C)(C)OC(=O)N[C@H]1CCN(C2CCN(C3CC3)CC2)C1. The molecule has 1 N–H and O–H groups in total. The number of carbonyl (C=O) groups excluding carboxylic acids is 1. The number of nitrogens with zero attached hydrogens (tertiary/aromatic N) is 2. The number of ether oxygens (including phenoxy) is 1. The van der Waals surface area contributed by atoms with E-state index in [0.29, 0.717) is 6.04 Å². The van der Waals surface area contributed by atoms with Crippen LogP contribution in [0.4, 0.5) is 4.79 Å². The maximum Gasteiger partial charge on any atom is 0.407 e. The summed E-state index contributed by atoms with van der Waals surface area (Å²) in [5, 5.41) is 3.03. The minimum absolute atomic E-state index is 0.247. The molecule has 0 bridgehead atoms. The predicted octanol–water partition coefficient (Wildman–Crippen LogP) is 2.21. The van der Waals surface area contributed by atoms with Crippen molar-refractivity contribution in [2.24, 2.45) is 0 Å². The van der Waals surface area contributed by atoms with E-state index in [0.717, 1.165) is 25.6 Å². The fraction of sp³-hybridized carbons (Fsp3) is 0.941. The van der Waals surface area contributed by atoms with E-state index in [1.165, 1.54) is 38.8 Å². The van der Waals surface area contributed by atoms with Gasteiger partial charge in [0.25, 0.3) is 0 Å². The van der Waals surface area contributed by atoms with Crippen LogP contribution in [0, 0.1) is 0 Å². The van der Waals surface area contributed by atoms with Crippen LogP contribution in [-0.2, 0) is 4.74 Å². The molecular weight excluding hydrogens is 278 g/mol. The van der Waals surface area contributed by atoms with Crippen LogP contribution in [0.1, 0.15) is 52.9 Å². The summed E-state index contributed by atoms with van der Waals surface area (Å²) in [6, 6.07) is 1.86. The van der Waals surface area contributed by atoms with Crippen molar-refractivity contribution >= 4 is 6.09 Å². The minimum atomic E-state index is -0.419. The normalized spacial score (nSPS) is 28.8. The van der Waals surface area contributed by atoms with Gasteiger partial charge >= 0.3 is 6.09 Å². The smallest absolute Gasteiger partial charge is 0.407 e. The number of piperidine rings is 1. The maximum absolute atomic E-state index is 11.9. The third-order valence-electron chi connectivity index (χ3n) is 5.02. The number of alkyl carbamates (subject to hydrolysis) is 1. The molecule has 0 spiro atoms. The molecule has 2 heterocycles. The summed E-state index contributed by atoms with van der Waals surface area (Å²) < 4.78 is 5.35. The molecule has 1 aliphatic carbocycles. The Morgan fingerprint density at radius 1 is 0.955 bits per heavy atom. The molecule has 0 unspecified atom stereocenters. The van der Waals surface area contributed by atoms with Gasteiger partial charge in [-0.3, -0.25) is 4.90 Å². The molecule has 0 aromatic carbocycles. The molecule has 3 rings (SSSR count). The standard InChI is InChI=1S/C17H31N3O2/c1-17(2,3)22-16(21)18-13-6-9-20(12-13)15-7-10-19(11-8-15)14-4-5-14/h13-15H,4-12H2,1-3H3,(H,18,21)/t13-/m0/s1. The molecule has 3 fully saturated rings. The van der Waals surface area contributed by atoms with E-state index in [-0.39, 0.29) is 12.1 Å². The van der Waals surface area contributed by atoms with Gasteiger partial charge < -0.3 is 15.0 Å². The molecule has 0 aromatic heterocycles. The van der Waals surface area contributed by atoms with Crippen LogP contribution in [0.15, 0.2) is 0 Å². The first-order valence-electron chi connectivity index (χ1n) is 8.88. The van der Waals surface area contributed by atoms with Gasteiger partial charge in [0.15, 0.2) is 0 Å². The molecule has 0 aromatic rings. The van der Waals surface area contributed by atoms with Crippen molar-refractivity contribution in [3.05, 3.63) is 0 Å². The van der Waals surface area contributed by atoms with Gasteiger partial charge in [-0.05, 0) is 66.0 Å². The zero-order valence-electron chi connectivity index (χ0n) is 14.3. The van der Waals surface area contributed by atoms with Crippen molar-refractivity contribution in [3.8, 4) is 0 Å². The van der Waals surface area contributed by atoms with Gasteiger partial charge in [0.1, 0.15) is 5.60 Å². The Morgan fingerprint density at radius 2 is 1.55 bits per heavy atom. The Hall–Kier alpha value is -0.810. The van der Waals surface area contributed by atoms with Gasteiger partial charge in [-0.1, -0.05) is 0 Å².